The average molecular weight is 354 g/mol. The van der Waals surface area contributed by atoms with Gasteiger partial charge in [0.25, 0.3) is 5.91 Å². The molecule has 0 spiro atoms. The molecule has 6 heteroatoms. The molecule has 2 aromatic rings. The number of nitrogens with one attached hydrogen (secondary N) is 1. The van der Waals surface area contributed by atoms with Gasteiger partial charge in [0.05, 0.1) is 5.92 Å². The maximum absolute atomic E-state index is 12.0. The second-order valence-electron chi connectivity index (χ2n) is 4.11. The smallest absolute Gasteiger partial charge is 0.312 e. The number of benzene rings is 1. The van der Waals surface area contributed by atoms with Crippen LogP contribution in [0.25, 0.3) is 0 Å². The number of aliphatic carboxylic acids is 1. The van der Waals surface area contributed by atoms with E-state index in [1.54, 1.807) is 35.7 Å². The zero-order valence-electron chi connectivity index (χ0n) is 10.4. The molecule has 0 saturated carbocycles. The van der Waals surface area contributed by atoms with Crippen LogP contribution in [0, 0.1) is 0 Å². The molecule has 1 atom stereocenters. The van der Waals surface area contributed by atoms with Gasteiger partial charge in [0.15, 0.2) is 0 Å². The van der Waals surface area contributed by atoms with Crippen LogP contribution < -0.4 is 5.32 Å². The summed E-state index contributed by atoms with van der Waals surface area (Å²) in [6, 6.07) is 10.7. The molecule has 0 aliphatic rings. The van der Waals surface area contributed by atoms with Gasteiger partial charge in [-0.25, -0.2) is 0 Å². The predicted octanol–water partition coefficient (Wildman–Crippen LogP) is 3.11. The molecule has 2 N–H and O–H groups in total. The third-order valence-corrected chi connectivity index (χ3v) is 4.63. The molecule has 0 bridgehead atoms. The van der Waals surface area contributed by atoms with Crippen LogP contribution >= 0.6 is 27.3 Å². The standard InChI is InChI=1S/C14H12BrNO3S/c15-11-6-7-20-12(11)13(17)16-8-10(14(18)19)9-4-2-1-3-5-9/h1-7,10H,8H2,(H,16,17)(H,18,19). The van der Waals surface area contributed by atoms with Crippen LogP contribution in [0.5, 0.6) is 0 Å². The summed E-state index contributed by atoms with van der Waals surface area (Å²) in [4.78, 5) is 23.8. The van der Waals surface area contributed by atoms with E-state index >= 15 is 0 Å². The van der Waals surface area contributed by atoms with E-state index in [2.05, 4.69) is 21.2 Å². The summed E-state index contributed by atoms with van der Waals surface area (Å²) in [6.07, 6.45) is 0. The minimum absolute atomic E-state index is 0.0581. The second-order valence-corrected chi connectivity index (χ2v) is 5.88. The number of rotatable bonds is 5. The van der Waals surface area contributed by atoms with Crippen LogP contribution in [0.4, 0.5) is 0 Å². The Hall–Kier alpha value is -1.66. The molecule has 1 heterocycles. The number of carboxylic acid groups (broad SMARTS) is 1. The van der Waals surface area contributed by atoms with Crippen molar-refractivity contribution in [1.29, 1.82) is 0 Å². The Bertz CT molecular complexity index is 612. The molecular formula is C14H12BrNO3S. The number of carbonyl (C=O) groups is 2. The van der Waals surface area contributed by atoms with E-state index in [0.29, 0.717) is 14.9 Å². The van der Waals surface area contributed by atoms with Crippen LogP contribution in [-0.2, 0) is 4.79 Å². The van der Waals surface area contributed by atoms with Gasteiger partial charge in [0.1, 0.15) is 4.88 Å². The summed E-state index contributed by atoms with van der Waals surface area (Å²) in [6.45, 7) is 0.0581. The lowest BCUT2D eigenvalue weighted by Gasteiger charge is -2.13. The van der Waals surface area contributed by atoms with Crippen molar-refractivity contribution in [3.63, 3.8) is 0 Å². The number of hydrogen-bond donors (Lipinski definition) is 2. The first-order chi connectivity index (χ1) is 9.59. The topological polar surface area (TPSA) is 66.4 Å². The molecule has 4 nitrogen and oxygen atoms in total. The number of carbonyl (C=O) groups excluding carboxylic acids is 1. The molecular weight excluding hydrogens is 342 g/mol. The van der Waals surface area contributed by atoms with Crippen LogP contribution in [-0.4, -0.2) is 23.5 Å². The van der Waals surface area contributed by atoms with E-state index < -0.39 is 11.9 Å². The molecule has 104 valence electrons. The maximum atomic E-state index is 12.0. The summed E-state index contributed by atoms with van der Waals surface area (Å²) in [5, 5.41) is 13.7. The van der Waals surface area contributed by atoms with Crippen molar-refractivity contribution in [2.75, 3.05) is 6.54 Å². The molecule has 0 saturated heterocycles. The first kappa shape index (κ1) is 14.7. The third-order valence-electron chi connectivity index (χ3n) is 2.79. The van der Waals surface area contributed by atoms with Gasteiger partial charge in [-0.1, -0.05) is 30.3 Å². The van der Waals surface area contributed by atoms with Gasteiger partial charge in [-0.05, 0) is 32.9 Å². The fourth-order valence-electron chi connectivity index (χ4n) is 1.76. The van der Waals surface area contributed by atoms with Gasteiger partial charge in [0, 0.05) is 11.0 Å². The van der Waals surface area contributed by atoms with E-state index in [4.69, 9.17) is 0 Å². The molecule has 0 aliphatic carbocycles. The summed E-state index contributed by atoms with van der Waals surface area (Å²) < 4.78 is 0.714. The van der Waals surface area contributed by atoms with Gasteiger partial charge in [-0.2, -0.15) is 0 Å². The summed E-state index contributed by atoms with van der Waals surface area (Å²) >= 11 is 4.59. The first-order valence-corrected chi connectivity index (χ1v) is 7.56. The molecule has 1 unspecified atom stereocenters. The number of hydrogen-bond acceptors (Lipinski definition) is 3. The minimum atomic E-state index is -0.957. The molecule has 1 amide bonds. The highest BCUT2D eigenvalue weighted by Crippen LogP contribution is 2.22. The Morgan fingerprint density at radius 2 is 1.95 bits per heavy atom. The SMILES string of the molecule is O=C(NCC(C(=O)O)c1ccccc1)c1sccc1Br. The second kappa shape index (κ2) is 6.67. The van der Waals surface area contributed by atoms with Crippen molar-refractivity contribution in [1.82, 2.24) is 5.32 Å². The van der Waals surface area contributed by atoms with Crippen LogP contribution in [0.15, 0.2) is 46.3 Å². The van der Waals surface area contributed by atoms with Gasteiger partial charge < -0.3 is 10.4 Å². The lowest BCUT2D eigenvalue weighted by molar-refractivity contribution is -0.138. The maximum Gasteiger partial charge on any atom is 0.312 e. The number of halogens is 1. The Morgan fingerprint density at radius 1 is 1.25 bits per heavy atom. The third kappa shape index (κ3) is 3.46. The Labute approximate surface area is 128 Å². The van der Waals surface area contributed by atoms with Crippen LogP contribution in [0.3, 0.4) is 0 Å². The van der Waals surface area contributed by atoms with E-state index in [-0.39, 0.29) is 12.5 Å². The predicted molar refractivity (Wildman–Crippen MR) is 81.2 cm³/mol. The fourth-order valence-corrected chi connectivity index (χ4v) is 3.23. The average Bonchev–Trinajstić information content (AvgIpc) is 2.86. The Kier molecular flexibility index (Phi) is 4.92. The van der Waals surface area contributed by atoms with Crippen molar-refractivity contribution in [3.8, 4) is 0 Å². The summed E-state index contributed by atoms with van der Waals surface area (Å²) in [5.41, 5.74) is 0.672. The van der Waals surface area contributed by atoms with E-state index in [1.807, 2.05) is 6.07 Å². The Morgan fingerprint density at radius 3 is 2.50 bits per heavy atom. The highest BCUT2D eigenvalue weighted by molar-refractivity contribution is 9.10. The summed E-state index contributed by atoms with van der Waals surface area (Å²) in [5.74, 6) is -1.98. The normalized spacial score (nSPS) is 11.8. The quantitative estimate of drug-likeness (QED) is 0.867. The highest BCUT2D eigenvalue weighted by Gasteiger charge is 2.21. The van der Waals surface area contributed by atoms with Gasteiger partial charge in [-0.3, -0.25) is 9.59 Å². The van der Waals surface area contributed by atoms with E-state index in [1.165, 1.54) is 11.3 Å². The summed E-state index contributed by atoms with van der Waals surface area (Å²) in [7, 11) is 0. The molecule has 1 aromatic carbocycles. The van der Waals surface area contributed by atoms with Crippen molar-refractivity contribution in [3.05, 3.63) is 56.7 Å². The van der Waals surface area contributed by atoms with Crippen molar-refractivity contribution >= 4 is 39.1 Å². The van der Waals surface area contributed by atoms with Gasteiger partial charge in [0.2, 0.25) is 0 Å². The zero-order chi connectivity index (χ0) is 14.5. The molecule has 0 fully saturated rings. The monoisotopic (exact) mass is 353 g/mol. The highest BCUT2D eigenvalue weighted by atomic mass is 79.9. The molecule has 20 heavy (non-hydrogen) atoms. The number of thiophene rings is 1. The number of carboxylic acids is 1. The minimum Gasteiger partial charge on any atom is -0.481 e. The van der Waals surface area contributed by atoms with Crippen molar-refractivity contribution in [2.45, 2.75) is 5.92 Å². The van der Waals surface area contributed by atoms with Gasteiger partial charge in [-0.15, -0.1) is 11.3 Å². The molecule has 2 rings (SSSR count). The van der Waals surface area contributed by atoms with Crippen LogP contribution in [0.2, 0.25) is 0 Å². The Balaban J connectivity index is 2.06. The van der Waals surface area contributed by atoms with Gasteiger partial charge >= 0.3 is 5.97 Å². The molecule has 0 aliphatic heterocycles. The van der Waals surface area contributed by atoms with E-state index in [9.17, 15) is 14.7 Å². The largest absolute Gasteiger partial charge is 0.481 e. The number of amides is 1. The lowest BCUT2D eigenvalue weighted by Crippen LogP contribution is -2.31. The van der Waals surface area contributed by atoms with Crippen molar-refractivity contribution in [2.24, 2.45) is 0 Å². The van der Waals surface area contributed by atoms with Crippen molar-refractivity contribution < 1.29 is 14.7 Å². The van der Waals surface area contributed by atoms with E-state index in [0.717, 1.165) is 0 Å². The van der Waals surface area contributed by atoms with Crippen LogP contribution in [0.1, 0.15) is 21.2 Å². The molecule has 0 radical (unpaired) electrons. The fraction of sp³-hybridized carbons (Fsp3) is 0.143. The lowest BCUT2D eigenvalue weighted by atomic mass is 9.99. The molecule has 1 aromatic heterocycles. The first-order valence-electron chi connectivity index (χ1n) is 5.88. The zero-order valence-corrected chi connectivity index (χ0v) is 12.8.